The lowest BCUT2D eigenvalue weighted by molar-refractivity contribution is -0.137. The maximum atomic E-state index is 12.9. The summed E-state index contributed by atoms with van der Waals surface area (Å²) in [5.74, 6) is -0.288. The van der Waals surface area contributed by atoms with Crippen molar-refractivity contribution in [3.05, 3.63) is 59.0 Å². The second-order valence-corrected chi connectivity index (χ2v) is 6.59. The molecule has 0 aliphatic rings. The van der Waals surface area contributed by atoms with E-state index in [1.165, 1.54) is 30.6 Å². The van der Waals surface area contributed by atoms with Gasteiger partial charge in [-0.25, -0.2) is 4.98 Å². The van der Waals surface area contributed by atoms with Crippen LogP contribution in [0, 0.1) is 0 Å². The topological polar surface area (TPSA) is 63.3 Å². The third-order valence-electron chi connectivity index (χ3n) is 3.91. The van der Waals surface area contributed by atoms with Crippen LogP contribution < -0.4 is 15.4 Å². The summed E-state index contributed by atoms with van der Waals surface area (Å²) >= 11 is 1.43. The maximum absolute atomic E-state index is 12.9. The highest BCUT2D eigenvalue weighted by Gasteiger charge is 2.31. The van der Waals surface area contributed by atoms with Crippen LogP contribution in [0.4, 0.5) is 24.0 Å². The number of hydrogen-bond donors (Lipinski definition) is 2. The van der Waals surface area contributed by atoms with Crippen LogP contribution >= 0.6 is 11.3 Å². The second-order valence-electron chi connectivity index (χ2n) is 5.74. The zero-order valence-electron chi connectivity index (χ0n) is 14.9. The zero-order chi connectivity index (χ0) is 20.3. The number of aromatic nitrogens is 1. The number of carbonyl (C=O) groups excluding carboxylic acids is 1. The van der Waals surface area contributed by atoms with Crippen molar-refractivity contribution in [2.24, 2.45) is 0 Å². The van der Waals surface area contributed by atoms with Gasteiger partial charge >= 0.3 is 6.18 Å². The Balaban J connectivity index is 1.90. The number of amides is 1. The molecule has 0 aliphatic heterocycles. The molecule has 0 aliphatic carbocycles. The van der Waals surface area contributed by atoms with Gasteiger partial charge in [-0.2, -0.15) is 13.2 Å². The molecule has 0 fully saturated rings. The molecule has 3 aromatic rings. The van der Waals surface area contributed by atoms with Gasteiger partial charge in [-0.05, 0) is 36.4 Å². The van der Waals surface area contributed by atoms with Crippen LogP contribution in [0.25, 0.3) is 11.3 Å². The Morgan fingerprint density at radius 3 is 2.61 bits per heavy atom. The van der Waals surface area contributed by atoms with Crippen LogP contribution in [-0.4, -0.2) is 25.0 Å². The molecule has 2 N–H and O–H groups in total. The summed E-state index contributed by atoms with van der Waals surface area (Å²) in [5.41, 5.74) is 0.780. The van der Waals surface area contributed by atoms with Crippen molar-refractivity contribution in [2.75, 3.05) is 24.8 Å². The minimum Gasteiger partial charge on any atom is -0.495 e. The summed E-state index contributed by atoms with van der Waals surface area (Å²) in [4.78, 5) is 16.9. The van der Waals surface area contributed by atoms with E-state index in [-0.39, 0.29) is 5.56 Å². The molecule has 1 amide bonds. The molecule has 2 aromatic carbocycles. The average molecular weight is 407 g/mol. The Morgan fingerprint density at radius 2 is 1.96 bits per heavy atom. The van der Waals surface area contributed by atoms with Gasteiger partial charge in [-0.1, -0.05) is 6.07 Å². The van der Waals surface area contributed by atoms with Crippen LogP contribution in [0.1, 0.15) is 15.9 Å². The van der Waals surface area contributed by atoms with Crippen molar-refractivity contribution < 1.29 is 22.7 Å². The van der Waals surface area contributed by atoms with Crippen molar-refractivity contribution >= 4 is 28.1 Å². The molecule has 9 heteroatoms. The Bertz CT molecular complexity index is 1000. The van der Waals surface area contributed by atoms with Crippen molar-refractivity contribution in [3.63, 3.8) is 0 Å². The summed E-state index contributed by atoms with van der Waals surface area (Å²) in [5, 5.41) is 8.15. The molecule has 28 heavy (non-hydrogen) atoms. The molecule has 146 valence electrons. The number of alkyl halides is 3. The third kappa shape index (κ3) is 4.25. The largest absolute Gasteiger partial charge is 0.495 e. The van der Waals surface area contributed by atoms with E-state index in [1.807, 2.05) is 5.38 Å². The molecule has 0 atom stereocenters. The number of carbonyl (C=O) groups is 1. The molecule has 0 spiro atoms. The van der Waals surface area contributed by atoms with Gasteiger partial charge in [0.05, 0.1) is 24.1 Å². The van der Waals surface area contributed by atoms with Crippen LogP contribution in [0.5, 0.6) is 5.75 Å². The minimum atomic E-state index is -4.52. The number of nitrogens with one attached hydrogen (secondary N) is 2. The molecule has 1 heterocycles. The standard InChI is InChI=1S/C19H16F3N3O2S/c1-23-18-25-15(10-28-18)11-6-7-16(27-2)14(9-11)24-17(26)12-4-3-5-13(8-12)19(20,21)22/h3-10H,1-2H3,(H,23,25)(H,24,26). The molecule has 0 saturated carbocycles. The highest BCUT2D eigenvalue weighted by molar-refractivity contribution is 7.14. The Morgan fingerprint density at radius 1 is 1.18 bits per heavy atom. The smallest absolute Gasteiger partial charge is 0.416 e. The van der Waals surface area contributed by atoms with Crippen LogP contribution in [0.15, 0.2) is 47.8 Å². The monoisotopic (exact) mass is 407 g/mol. The van der Waals surface area contributed by atoms with Gasteiger partial charge in [0.1, 0.15) is 5.75 Å². The maximum Gasteiger partial charge on any atom is 0.416 e. The van der Waals surface area contributed by atoms with E-state index < -0.39 is 17.6 Å². The van der Waals surface area contributed by atoms with Gasteiger partial charge in [-0.15, -0.1) is 11.3 Å². The number of anilines is 2. The van der Waals surface area contributed by atoms with E-state index in [0.717, 1.165) is 22.8 Å². The van der Waals surface area contributed by atoms with Crippen molar-refractivity contribution in [1.82, 2.24) is 4.98 Å². The van der Waals surface area contributed by atoms with Gasteiger partial charge < -0.3 is 15.4 Å². The van der Waals surface area contributed by atoms with Gasteiger partial charge in [0.2, 0.25) is 0 Å². The molecule has 5 nitrogen and oxygen atoms in total. The molecule has 3 rings (SSSR count). The minimum absolute atomic E-state index is 0.103. The molecule has 0 radical (unpaired) electrons. The first-order valence-corrected chi connectivity index (χ1v) is 9.00. The second kappa shape index (κ2) is 7.89. The summed E-state index contributed by atoms with van der Waals surface area (Å²) < 4.78 is 43.9. The van der Waals surface area contributed by atoms with Crippen LogP contribution in [0.3, 0.4) is 0 Å². The fourth-order valence-electron chi connectivity index (χ4n) is 2.52. The lowest BCUT2D eigenvalue weighted by Gasteiger charge is -2.13. The molecule has 0 bridgehead atoms. The first kappa shape index (κ1) is 19.7. The first-order chi connectivity index (χ1) is 13.3. The van der Waals surface area contributed by atoms with E-state index in [4.69, 9.17) is 4.74 Å². The highest BCUT2D eigenvalue weighted by Crippen LogP contribution is 2.33. The summed E-state index contributed by atoms with van der Waals surface area (Å²) in [6, 6.07) is 9.35. The fourth-order valence-corrected chi connectivity index (χ4v) is 3.20. The Kier molecular flexibility index (Phi) is 5.55. The summed E-state index contributed by atoms with van der Waals surface area (Å²) in [6.45, 7) is 0. The number of nitrogens with zero attached hydrogens (tertiary/aromatic N) is 1. The van der Waals surface area contributed by atoms with E-state index in [1.54, 1.807) is 25.2 Å². The normalized spacial score (nSPS) is 11.2. The molecule has 0 unspecified atom stereocenters. The van der Waals surface area contributed by atoms with Gasteiger partial charge in [0, 0.05) is 23.6 Å². The number of halogens is 3. The summed E-state index contributed by atoms with van der Waals surface area (Å²) in [6.07, 6.45) is -4.52. The van der Waals surface area contributed by atoms with E-state index in [2.05, 4.69) is 15.6 Å². The quantitative estimate of drug-likeness (QED) is 0.615. The average Bonchev–Trinajstić information content (AvgIpc) is 3.16. The van der Waals surface area contributed by atoms with E-state index >= 15 is 0 Å². The van der Waals surface area contributed by atoms with Gasteiger partial charge in [-0.3, -0.25) is 4.79 Å². The number of rotatable bonds is 5. The lowest BCUT2D eigenvalue weighted by Crippen LogP contribution is -2.14. The summed E-state index contributed by atoms with van der Waals surface area (Å²) in [7, 11) is 3.20. The molecule has 0 saturated heterocycles. The molecular formula is C19H16F3N3O2S. The Hall–Kier alpha value is -3.07. The number of hydrogen-bond acceptors (Lipinski definition) is 5. The molecule has 1 aromatic heterocycles. The van der Waals surface area contributed by atoms with Crippen LogP contribution in [0.2, 0.25) is 0 Å². The van der Waals surface area contributed by atoms with E-state index in [9.17, 15) is 18.0 Å². The fraction of sp³-hybridized carbons (Fsp3) is 0.158. The predicted molar refractivity (Wildman–Crippen MR) is 103 cm³/mol. The SMILES string of the molecule is CNc1nc(-c2ccc(OC)c(NC(=O)c3cccc(C(F)(F)F)c3)c2)cs1. The molecular weight excluding hydrogens is 391 g/mol. The van der Waals surface area contributed by atoms with Crippen molar-refractivity contribution in [1.29, 1.82) is 0 Å². The van der Waals surface area contributed by atoms with Gasteiger partial charge in [0.25, 0.3) is 5.91 Å². The number of benzene rings is 2. The first-order valence-electron chi connectivity index (χ1n) is 8.12. The zero-order valence-corrected chi connectivity index (χ0v) is 15.7. The van der Waals surface area contributed by atoms with E-state index in [0.29, 0.717) is 17.1 Å². The number of methoxy groups -OCH3 is 1. The van der Waals surface area contributed by atoms with Crippen molar-refractivity contribution in [3.8, 4) is 17.0 Å². The van der Waals surface area contributed by atoms with Crippen LogP contribution in [-0.2, 0) is 6.18 Å². The number of thiazole rings is 1. The van der Waals surface area contributed by atoms with Crippen molar-refractivity contribution in [2.45, 2.75) is 6.18 Å². The highest BCUT2D eigenvalue weighted by atomic mass is 32.1. The lowest BCUT2D eigenvalue weighted by atomic mass is 10.1. The number of ether oxygens (including phenoxy) is 1. The Labute approximate surface area is 163 Å². The van der Waals surface area contributed by atoms with Gasteiger partial charge in [0.15, 0.2) is 5.13 Å². The predicted octanol–water partition coefficient (Wildman–Crippen LogP) is 5.13. The third-order valence-corrected chi connectivity index (χ3v) is 4.77.